The second-order valence-corrected chi connectivity index (χ2v) is 9.40. The van der Waals surface area contributed by atoms with Crippen molar-refractivity contribution < 1.29 is 33.2 Å². The Morgan fingerprint density at radius 2 is 1.00 bits per heavy atom. The summed E-state index contributed by atoms with van der Waals surface area (Å²) in [6, 6.07) is 0. The van der Waals surface area contributed by atoms with Crippen LogP contribution in [0.5, 0.6) is 0 Å². The number of ether oxygens (including phenoxy) is 6. The van der Waals surface area contributed by atoms with E-state index in [2.05, 4.69) is 0 Å². The van der Waals surface area contributed by atoms with Crippen molar-refractivity contribution in [2.24, 2.45) is 0 Å². The van der Waals surface area contributed by atoms with Crippen LogP contribution in [0.2, 0.25) is 0 Å². The number of amides is 1. The number of carbonyl (C=O) groups excluding carboxylic acids is 1. The summed E-state index contributed by atoms with van der Waals surface area (Å²) in [6.07, 6.45) is 12.4. The van der Waals surface area contributed by atoms with Gasteiger partial charge < -0.3 is 33.3 Å². The molecular formula is C25H45NO7. The van der Waals surface area contributed by atoms with Crippen LogP contribution < -0.4 is 0 Å². The van der Waals surface area contributed by atoms with E-state index in [0.717, 1.165) is 52.3 Å². The van der Waals surface area contributed by atoms with Gasteiger partial charge in [-0.3, -0.25) is 4.79 Å². The van der Waals surface area contributed by atoms with E-state index in [1.54, 1.807) is 0 Å². The zero-order valence-corrected chi connectivity index (χ0v) is 20.4. The summed E-state index contributed by atoms with van der Waals surface area (Å²) in [6.45, 7) is 7.71. The lowest BCUT2D eigenvalue weighted by molar-refractivity contribution is -0.133. The lowest BCUT2D eigenvalue weighted by Crippen LogP contribution is -2.37. The highest BCUT2D eigenvalue weighted by molar-refractivity contribution is 5.76. The summed E-state index contributed by atoms with van der Waals surface area (Å²) in [5.74, 6) is 0.211. The molecule has 0 aliphatic carbocycles. The van der Waals surface area contributed by atoms with Gasteiger partial charge in [-0.25, -0.2) is 0 Å². The molecule has 3 unspecified atom stereocenters. The molecule has 0 radical (unpaired) electrons. The van der Waals surface area contributed by atoms with Crippen molar-refractivity contribution >= 4 is 5.91 Å². The van der Waals surface area contributed by atoms with Gasteiger partial charge >= 0.3 is 0 Å². The van der Waals surface area contributed by atoms with Crippen LogP contribution in [0.25, 0.3) is 0 Å². The molecule has 0 aromatic carbocycles. The van der Waals surface area contributed by atoms with Crippen LogP contribution in [-0.4, -0.2) is 102 Å². The Balaban J connectivity index is 1.11. The SMILES string of the molecule is O=C(CCCCCCCCCCCOCC1CO1)N(CCOCC1CO1)CCOCC1CO1. The second kappa shape index (κ2) is 16.8. The summed E-state index contributed by atoms with van der Waals surface area (Å²) in [5.41, 5.74) is 0. The first-order valence-corrected chi connectivity index (χ1v) is 13.2. The molecule has 3 fully saturated rings. The molecule has 1 amide bonds. The van der Waals surface area contributed by atoms with E-state index in [0.29, 0.717) is 52.0 Å². The number of carbonyl (C=O) groups is 1. The van der Waals surface area contributed by atoms with Gasteiger partial charge in [0.25, 0.3) is 0 Å². The lowest BCUT2D eigenvalue weighted by Gasteiger charge is -2.22. The maximum absolute atomic E-state index is 12.7. The third-order valence-electron chi connectivity index (χ3n) is 6.16. The molecular weight excluding hydrogens is 426 g/mol. The van der Waals surface area contributed by atoms with Crippen LogP contribution in [-0.2, 0) is 33.2 Å². The van der Waals surface area contributed by atoms with E-state index in [9.17, 15) is 4.79 Å². The second-order valence-electron chi connectivity index (χ2n) is 9.40. The van der Waals surface area contributed by atoms with Crippen LogP contribution in [0.4, 0.5) is 0 Å². The van der Waals surface area contributed by atoms with Gasteiger partial charge in [0.05, 0.1) is 52.9 Å². The molecule has 3 saturated heterocycles. The normalized spacial score (nSPS) is 23.0. The monoisotopic (exact) mass is 471 g/mol. The summed E-state index contributed by atoms with van der Waals surface area (Å²) in [5, 5.41) is 0. The molecule has 3 atom stereocenters. The van der Waals surface area contributed by atoms with Crippen molar-refractivity contribution in [3.8, 4) is 0 Å². The first-order valence-electron chi connectivity index (χ1n) is 13.2. The van der Waals surface area contributed by atoms with E-state index >= 15 is 0 Å². The van der Waals surface area contributed by atoms with Crippen LogP contribution in [0.1, 0.15) is 64.2 Å². The van der Waals surface area contributed by atoms with E-state index in [1.807, 2.05) is 4.90 Å². The molecule has 0 spiro atoms. The maximum Gasteiger partial charge on any atom is 0.222 e. The van der Waals surface area contributed by atoms with Crippen LogP contribution in [0.15, 0.2) is 0 Å². The highest BCUT2D eigenvalue weighted by atomic mass is 16.6. The molecule has 0 aromatic heterocycles. The fourth-order valence-corrected chi connectivity index (χ4v) is 3.72. The van der Waals surface area contributed by atoms with E-state index in [1.165, 1.54) is 38.5 Å². The minimum Gasteiger partial charge on any atom is -0.379 e. The summed E-state index contributed by atoms with van der Waals surface area (Å²) in [4.78, 5) is 14.6. The third-order valence-corrected chi connectivity index (χ3v) is 6.16. The number of epoxide rings is 3. The first kappa shape index (κ1) is 26.8. The molecule has 3 aliphatic heterocycles. The fourth-order valence-electron chi connectivity index (χ4n) is 3.72. The maximum atomic E-state index is 12.7. The van der Waals surface area contributed by atoms with Crippen molar-refractivity contribution in [2.75, 3.05) is 72.6 Å². The Hall–Kier alpha value is -0.770. The number of hydrogen-bond acceptors (Lipinski definition) is 7. The minimum atomic E-state index is 0.211. The quantitative estimate of drug-likeness (QED) is 0.158. The van der Waals surface area contributed by atoms with Crippen molar-refractivity contribution in [3.63, 3.8) is 0 Å². The molecule has 8 nitrogen and oxygen atoms in total. The van der Waals surface area contributed by atoms with Gasteiger partial charge in [0, 0.05) is 26.1 Å². The predicted octanol–water partition coefficient (Wildman–Crippen LogP) is 2.96. The molecule has 0 saturated carbocycles. The number of nitrogens with zero attached hydrogens (tertiary/aromatic N) is 1. The van der Waals surface area contributed by atoms with Crippen molar-refractivity contribution in [1.82, 2.24) is 4.90 Å². The summed E-state index contributed by atoms with van der Waals surface area (Å²) < 4.78 is 32.3. The standard InChI is InChI=1S/C25H45NO7/c27-25(10-8-6-4-2-1-3-5-7-9-13-28-16-22-19-31-22)26(11-14-29-17-23-20-32-23)12-15-30-18-24-21-33-24/h22-24H,1-21H2. The van der Waals surface area contributed by atoms with E-state index in [4.69, 9.17) is 28.4 Å². The van der Waals surface area contributed by atoms with Gasteiger partial charge in [-0.05, 0) is 12.8 Å². The molecule has 8 heteroatoms. The van der Waals surface area contributed by atoms with E-state index in [-0.39, 0.29) is 18.1 Å². The largest absolute Gasteiger partial charge is 0.379 e. The first-order chi connectivity index (χ1) is 16.3. The third kappa shape index (κ3) is 15.0. The molecule has 3 heterocycles. The fraction of sp³-hybridized carbons (Fsp3) is 0.960. The van der Waals surface area contributed by atoms with Crippen molar-refractivity contribution in [3.05, 3.63) is 0 Å². The summed E-state index contributed by atoms with van der Waals surface area (Å²) >= 11 is 0. The minimum absolute atomic E-state index is 0.211. The molecule has 3 aliphatic rings. The lowest BCUT2D eigenvalue weighted by atomic mass is 10.1. The molecule has 0 N–H and O–H groups in total. The topological polar surface area (TPSA) is 85.6 Å². The Morgan fingerprint density at radius 3 is 1.45 bits per heavy atom. The van der Waals surface area contributed by atoms with Gasteiger partial charge in [0.1, 0.15) is 18.3 Å². The average Bonchev–Trinajstić information content (AvgIpc) is 3.67. The molecule has 192 valence electrons. The zero-order chi connectivity index (χ0) is 23.0. The van der Waals surface area contributed by atoms with Gasteiger partial charge in [0.2, 0.25) is 5.91 Å². The van der Waals surface area contributed by atoms with Gasteiger partial charge in [-0.1, -0.05) is 44.9 Å². The average molecular weight is 472 g/mol. The van der Waals surface area contributed by atoms with Gasteiger partial charge in [-0.2, -0.15) is 0 Å². The van der Waals surface area contributed by atoms with Crippen LogP contribution in [0, 0.1) is 0 Å². The highest BCUT2D eigenvalue weighted by Gasteiger charge is 2.24. The van der Waals surface area contributed by atoms with Gasteiger partial charge in [0.15, 0.2) is 0 Å². The summed E-state index contributed by atoms with van der Waals surface area (Å²) in [7, 11) is 0. The predicted molar refractivity (Wildman–Crippen MR) is 124 cm³/mol. The molecule has 0 aromatic rings. The smallest absolute Gasteiger partial charge is 0.222 e. The Labute approximate surface area is 199 Å². The Kier molecular flexibility index (Phi) is 13.6. The van der Waals surface area contributed by atoms with Crippen LogP contribution in [0.3, 0.4) is 0 Å². The van der Waals surface area contributed by atoms with Crippen LogP contribution >= 0.6 is 0 Å². The number of hydrogen-bond donors (Lipinski definition) is 0. The number of rotatable bonds is 24. The Bertz CT molecular complexity index is 489. The van der Waals surface area contributed by atoms with Crippen molar-refractivity contribution in [1.29, 1.82) is 0 Å². The van der Waals surface area contributed by atoms with Crippen molar-refractivity contribution in [2.45, 2.75) is 82.5 Å². The van der Waals surface area contributed by atoms with E-state index < -0.39 is 0 Å². The molecule has 33 heavy (non-hydrogen) atoms. The Morgan fingerprint density at radius 1 is 0.606 bits per heavy atom. The van der Waals surface area contributed by atoms with Gasteiger partial charge in [-0.15, -0.1) is 0 Å². The zero-order valence-electron chi connectivity index (χ0n) is 20.4. The molecule has 0 bridgehead atoms. The number of unbranched alkanes of at least 4 members (excludes halogenated alkanes) is 8. The highest BCUT2D eigenvalue weighted by Crippen LogP contribution is 2.13. The molecule has 3 rings (SSSR count).